The van der Waals surface area contributed by atoms with Gasteiger partial charge in [0.05, 0.1) is 12.1 Å². The number of benzene rings is 2. The first-order valence-electron chi connectivity index (χ1n) is 10.1. The Hall–Kier alpha value is -3.45. The van der Waals surface area contributed by atoms with Crippen LogP contribution in [0.5, 0.6) is 0 Å². The molecule has 0 aliphatic carbocycles. The molecular weight excluding hydrogens is 410 g/mol. The van der Waals surface area contributed by atoms with Crippen LogP contribution in [-0.2, 0) is 24.3 Å². The summed E-state index contributed by atoms with van der Waals surface area (Å²) in [5.74, 6) is -0.353. The number of amides is 1. The van der Waals surface area contributed by atoms with Gasteiger partial charge in [0.15, 0.2) is 0 Å². The highest BCUT2D eigenvalue weighted by Gasteiger charge is 2.17. The van der Waals surface area contributed by atoms with E-state index in [0.29, 0.717) is 29.7 Å². The second-order valence-corrected chi connectivity index (χ2v) is 8.32. The number of aromatic nitrogens is 2. The van der Waals surface area contributed by atoms with E-state index >= 15 is 0 Å². The number of nitrogens with one attached hydrogen (secondary N) is 1. The monoisotopic (exact) mass is 433 g/mol. The van der Waals surface area contributed by atoms with Crippen LogP contribution in [0.3, 0.4) is 0 Å². The Kier molecular flexibility index (Phi) is 6.13. The van der Waals surface area contributed by atoms with E-state index < -0.39 is 11.2 Å². The minimum absolute atomic E-state index is 0.298. The second-order valence-electron chi connectivity index (χ2n) is 7.41. The van der Waals surface area contributed by atoms with E-state index in [9.17, 15) is 14.4 Å². The van der Waals surface area contributed by atoms with Crippen molar-refractivity contribution in [3.8, 4) is 0 Å². The van der Waals surface area contributed by atoms with E-state index in [1.54, 1.807) is 16.0 Å². The maximum Gasteiger partial charge on any atom is 0.332 e. The molecule has 0 unspecified atom stereocenters. The lowest BCUT2D eigenvalue weighted by Crippen LogP contribution is -2.44. The van der Waals surface area contributed by atoms with Crippen LogP contribution in [-0.4, -0.2) is 21.6 Å². The van der Waals surface area contributed by atoms with Gasteiger partial charge in [0.1, 0.15) is 11.2 Å². The molecule has 0 fully saturated rings. The van der Waals surface area contributed by atoms with Crippen LogP contribution in [0.25, 0.3) is 10.2 Å². The van der Waals surface area contributed by atoms with Crippen LogP contribution >= 0.6 is 11.3 Å². The fraction of sp³-hybridized carbons (Fsp3) is 0.208. The Labute approximate surface area is 183 Å². The number of rotatable bonds is 7. The zero-order valence-corrected chi connectivity index (χ0v) is 18.0. The fourth-order valence-corrected chi connectivity index (χ4v) is 4.42. The molecule has 2 aromatic heterocycles. The number of hydrogen-bond acceptors (Lipinski definition) is 4. The maximum atomic E-state index is 13.2. The number of fused-ring (bicyclic) bond motifs is 1. The van der Waals surface area contributed by atoms with Crippen molar-refractivity contribution in [3.05, 3.63) is 104 Å². The summed E-state index contributed by atoms with van der Waals surface area (Å²) in [4.78, 5) is 38.6. The van der Waals surface area contributed by atoms with Crippen molar-refractivity contribution in [1.82, 2.24) is 14.5 Å². The van der Waals surface area contributed by atoms with Crippen molar-refractivity contribution in [2.45, 2.75) is 26.4 Å². The first-order valence-corrected chi connectivity index (χ1v) is 11.0. The van der Waals surface area contributed by atoms with Gasteiger partial charge in [0.25, 0.3) is 5.56 Å². The Morgan fingerprint density at radius 2 is 1.71 bits per heavy atom. The minimum atomic E-state index is -0.475. The van der Waals surface area contributed by atoms with E-state index in [1.165, 1.54) is 11.3 Å². The third kappa shape index (κ3) is 4.51. The first kappa shape index (κ1) is 20.8. The first-order chi connectivity index (χ1) is 15.0. The Bertz CT molecular complexity index is 1340. The van der Waals surface area contributed by atoms with Gasteiger partial charge in [-0.15, -0.1) is 11.3 Å². The number of thiophene rings is 1. The Balaban J connectivity index is 1.59. The van der Waals surface area contributed by atoms with Gasteiger partial charge in [-0.2, -0.15) is 0 Å². The molecule has 31 heavy (non-hydrogen) atoms. The van der Waals surface area contributed by atoms with E-state index in [2.05, 4.69) is 5.32 Å². The summed E-state index contributed by atoms with van der Waals surface area (Å²) in [5, 5.41) is 4.61. The average molecular weight is 434 g/mol. The fourth-order valence-electron chi connectivity index (χ4n) is 3.57. The highest BCUT2D eigenvalue weighted by molar-refractivity contribution is 7.17. The predicted molar refractivity (Wildman–Crippen MR) is 124 cm³/mol. The molecule has 1 N–H and O–H groups in total. The summed E-state index contributed by atoms with van der Waals surface area (Å²) in [6.45, 7) is 2.47. The van der Waals surface area contributed by atoms with Gasteiger partial charge in [-0.1, -0.05) is 54.6 Å². The molecule has 0 spiro atoms. The highest BCUT2D eigenvalue weighted by atomic mass is 32.1. The lowest BCUT2D eigenvalue weighted by atomic mass is 10.1. The largest absolute Gasteiger partial charge is 0.354 e. The molecule has 0 saturated heterocycles. The van der Waals surface area contributed by atoms with Crippen LogP contribution in [0, 0.1) is 6.92 Å². The molecule has 0 bridgehead atoms. The van der Waals surface area contributed by atoms with Gasteiger partial charge in [-0.25, -0.2) is 9.36 Å². The number of carbonyl (C=O) groups excluding carboxylic acids is 1. The van der Waals surface area contributed by atoms with Gasteiger partial charge >= 0.3 is 5.69 Å². The molecule has 0 atom stereocenters. The van der Waals surface area contributed by atoms with Crippen LogP contribution < -0.4 is 16.6 Å². The third-order valence-corrected chi connectivity index (χ3v) is 6.20. The van der Waals surface area contributed by atoms with Crippen LogP contribution in [0.2, 0.25) is 0 Å². The molecule has 158 valence electrons. The van der Waals surface area contributed by atoms with Crippen molar-refractivity contribution in [2.24, 2.45) is 0 Å². The van der Waals surface area contributed by atoms with Gasteiger partial charge in [0, 0.05) is 6.54 Å². The summed E-state index contributed by atoms with van der Waals surface area (Å²) in [6.07, 6.45) is 0.683. The van der Waals surface area contributed by atoms with E-state index in [-0.39, 0.29) is 12.5 Å². The Morgan fingerprint density at radius 1 is 0.968 bits per heavy atom. The zero-order valence-electron chi connectivity index (χ0n) is 17.2. The molecule has 0 radical (unpaired) electrons. The van der Waals surface area contributed by atoms with Crippen molar-refractivity contribution < 1.29 is 4.79 Å². The Morgan fingerprint density at radius 3 is 2.48 bits per heavy atom. The lowest BCUT2D eigenvalue weighted by Gasteiger charge is -2.13. The molecule has 2 heterocycles. The SMILES string of the molecule is Cc1ccccc1Cn1c(=O)n(CC(=O)NCCc2ccccc2)c(=O)c2sccc21. The molecule has 0 saturated carbocycles. The predicted octanol–water partition coefficient (Wildman–Crippen LogP) is 2.94. The lowest BCUT2D eigenvalue weighted by molar-refractivity contribution is -0.121. The van der Waals surface area contributed by atoms with Crippen molar-refractivity contribution >= 4 is 27.5 Å². The number of carbonyl (C=O) groups is 1. The van der Waals surface area contributed by atoms with Crippen molar-refractivity contribution in [3.63, 3.8) is 0 Å². The maximum absolute atomic E-state index is 13.2. The minimum Gasteiger partial charge on any atom is -0.354 e. The van der Waals surface area contributed by atoms with E-state index in [0.717, 1.165) is 21.3 Å². The standard InChI is InChI=1S/C24H23N3O3S/c1-17-7-5-6-10-19(17)15-26-20-12-14-31-22(20)23(29)27(24(26)30)16-21(28)25-13-11-18-8-3-2-4-9-18/h2-10,12,14H,11,13,15-16H2,1H3,(H,25,28). The molecule has 2 aromatic carbocycles. The molecule has 6 nitrogen and oxygen atoms in total. The number of hydrogen-bond donors (Lipinski definition) is 1. The van der Waals surface area contributed by atoms with Crippen LogP contribution in [0.4, 0.5) is 0 Å². The topological polar surface area (TPSA) is 73.1 Å². The van der Waals surface area contributed by atoms with E-state index in [4.69, 9.17) is 0 Å². The average Bonchev–Trinajstić information content (AvgIpc) is 3.26. The van der Waals surface area contributed by atoms with Gasteiger partial charge < -0.3 is 5.32 Å². The van der Waals surface area contributed by atoms with Crippen LogP contribution in [0.15, 0.2) is 75.6 Å². The molecule has 4 rings (SSSR count). The smallest absolute Gasteiger partial charge is 0.332 e. The highest BCUT2D eigenvalue weighted by Crippen LogP contribution is 2.17. The van der Waals surface area contributed by atoms with Crippen molar-refractivity contribution in [1.29, 1.82) is 0 Å². The molecule has 0 aliphatic rings. The molecule has 4 aromatic rings. The summed E-state index contributed by atoms with van der Waals surface area (Å²) >= 11 is 1.28. The van der Waals surface area contributed by atoms with Gasteiger partial charge in [-0.3, -0.25) is 14.2 Å². The number of nitrogens with zero attached hydrogens (tertiary/aromatic N) is 2. The summed E-state index contributed by atoms with van der Waals surface area (Å²) < 4.78 is 3.09. The molecular formula is C24H23N3O3S. The quantitative estimate of drug-likeness (QED) is 0.487. The summed E-state index contributed by atoms with van der Waals surface area (Å²) in [6, 6.07) is 19.4. The normalized spacial score (nSPS) is 11.0. The molecule has 7 heteroatoms. The zero-order chi connectivity index (χ0) is 21.8. The van der Waals surface area contributed by atoms with E-state index in [1.807, 2.05) is 61.5 Å². The second kappa shape index (κ2) is 9.14. The number of aryl methyl sites for hydroxylation is 1. The van der Waals surface area contributed by atoms with Crippen molar-refractivity contribution in [2.75, 3.05) is 6.54 Å². The van der Waals surface area contributed by atoms with Gasteiger partial charge in [0.2, 0.25) is 5.91 Å². The molecule has 1 amide bonds. The third-order valence-electron chi connectivity index (χ3n) is 5.31. The summed E-state index contributed by atoms with van der Waals surface area (Å²) in [7, 11) is 0. The molecule has 0 aliphatic heterocycles. The van der Waals surface area contributed by atoms with Crippen LogP contribution in [0.1, 0.15) is 16.7 Å². The summed E-state index contributed by atoms with van der Waals surface area (Å²) in [5.41, 5.74) is 2.87. The van der Waals surface area contributed by atoms with Gasteiger partial charge in [-0.05, 0) is 41.5 Å².